The van der Waals surface area contributed by atoms with Gasteiger partial charge in [-0.1, -0.05) is 18.2 Å². The van der Waals surface area contributed by atoms with Crippen molar-refractivity contribution in [3.05, 3.63) is 84.2 Å². The molecule has 0 amide bonds. The minimum Gasteiger partial charge on any atom is -0.490 e. The van der Waals surface area contributed by atoms with E-state index < -0.39 is 12.1 Å². The molecule has 0 bridgehead atoms. The zero-order chi connectivity index (χ0) is 25.5. The predicted octanol–water partition coefficient (Wildman–Crippen LogP) is 4.49. The molecule has 3 N–H and O–H groups in total. The first-order valence-electron chi connectivity index (χ1n) is 11.8. The third-order valence-corrected chi connectivity index (χ3v) is 5.75. The summed E-state index contributed by atoms with van der Waals surface area (Å²) in [7, 11) is 1.33. The molecule has 0 spiro atoms. The van der Waals surface area contributed by atoms with Gasteiger partial charge < -0.3 is 29.6 Å². The lowest BCUT2D eigenvalue weighted by atomic mass is 9.94. The molecule has 0 aliphatic rings. The summed E-state index contributed by atoms with van der Waals surface area (Å²) in [4.78, 5) is 18.8. The molecule has 2 heterocycles. The van der Waals surface area contributed by atoms with Gasteiger partial charge in [-0.3, -0.25) is 0 Å². The molecule has 2 aromatic heterocycles. The molecule has 188 valence electrons. The van der Waals surface area contributed by atoms with Crippen LogP contribution in [0.15, 0.2) is 73.1 Å². The second kappa shape index (κ2) is 11.2. The van der Waals surface area contributed by atoms with Crippen molar-refractivity contribution in [2.24, 2.45) is 0 Å². The number of nitrogens with zero attached hydrogens (tertiary/aromatic N) is 1. The largest absolute Gasteiger partial charge is 0.490 e. The number of benzene rings is 2. The van der Waals surface area contributed by atoms with E-state index in [-0.39, 0.29) is 12.1 Å². The van der Waals surface area contributed by atoms with Crippen LogP contribution < -0.4 is 14.8 Å². The van der Waals surface area contributed by atoms with E-state index >= 15 is 0 Å². The van der Waals surface area contributed by atoms with Crippen molar-refractivity contribution in [1.29, 1.82) is 0 Å². The highest BCUT2D eigenvalue weighted by molar-refractivity contribution is 5.89. The lowest BCUT2D eigenvalue weighted by molar-refractivity contribution is 0.0600. The molecule has 2 aromatic carbocycles. The summed E-state index contributed by atoms with van der Waals surface area (Å²) in [6.07, 6.45) is 3.41. The second-order valence-electron chi connectivity index (χ2n) is 9.22. The summed E-state index contributed by atoms with van der Waals surface area (Å²) < 4.78 is 16.3. The molecule has 0 saturated carbocycles. The fourth-order valence-electron chi connectivity index (χ4n) is 3.87. The lowest BCUT2D eigenvalue weighted by Gasteiger charge is -2.28. The molecule has 1 atom stereocenters. The number of H-pyrrole nitrogens is 1. The van der Waals surface area contributed by atoms with Gasteiger partial charge >= 0.3 is 5.97 Å². The quantitative estimate of drug-likeness (QED) is 0.267. The number of hydrogen-bond acceptors (Lipinski definition) is 7. The van der Waals surface area contributed by atoms with E-state index in [4.69, 9.17) is 9.47 Å². The maximum Gasteiger partial charge on any atom is 0.339 e. The monoisotopic (exact) mass is 489 g/mol. The molecule has 0 aliphatic heterocycles. The van der Waals surface area contributed by atoms with Crippen LogP contribution >= 0.6 is 0 Å². The Morgan fingerprint density at radius 1 is 1.11 bits per heavy atom. The number of rotatable bonds is 11. The van der Waals surface area contributed by atoms with Gasteiger partial charge in [0.05, 0.1) is 12.7 Å². The van der Waals surface area contributed by atoms with Crippen LogP contribution in [0.3, 0.4) is 0 Å². The van der Waals surface area contributed by atoms with Crippen LogP contribution in [0.4, 0.5) is 0 Å². The Hall–Kier alpha value is -3.88. The smallest absolute Gasteiger partial charge is 0.339 e. The Kier molecular flexibility index (Phi) is 7.87. The Morgan fingerprint density at radius 3 is 2.64 bits per heavy atom. The molecule has 1 unspecified atom stereocenters. The van der Waals surface area contributed by atoms with Crippen molar-refractivity contribution in [1.82, 2.24) is 15.3 Å². The second-order valence-corrected chi connectivity index (χ2v) is 9.22. The SMILES string of the molecule is COC(=O)c1ccc(Oc2ccc(CC(C)(C)NCC(O)COc3cccc4[nH]ccc34)cc2)nc1. The Bertz CT molecular complexity index is 1280. The summed E-state index contributed by atoms with van der Waals surface area (Å²) in [6.45, 7) is 4.80. The van der Waals surface area contributed by atoms with Crippen LogP contribution in [-0.4, -0.2) is 52.9 Å². The molecule has 0 fully saturated rings. The number of pyridine rings is 1. The summed E-state index contributed by atoms with van der Waals surface area (Å²) in [5.74, 6) is 1.35. The summed E-state index contributed by atoms with van der Waals surface area (Å²) in [6, 6.07) is 18.8. The number of esters is 1. The average Bonchev–Trinajstić information content (AvgIpc) is 3.37. The van der Waals surface area contributed by atoms with Gasteiger partial charge in [-0.25, -0.2) is 9.78 Å². The zero-order valence-corrected chi connectivity index (χ0v) is 20.7. The number of carbonyl (C=O) groups is 1. The number of ether oxygens (including phenoxy) is 3. The highest BCUT2D eigenvalue weighted by Gasteiger charge is 2.20. The standard InChI is InChI=1S/C28H31N3O5/c1-28(2,31-17-21(32)18-35-25-6-4-5-24-23(25)13-14-29-24)15-19-7-10-22(11-8-19)36-26-12-9-20(16-30-26)27(33)34-3/h4-14,16,21,29,31-32H,15,17-18H2,1-3H3. The normalized spacial score (nSPS) is 12.3. The molecule has 4 rings (SSSR count). The molecule has 0 aliphatic carbocycles. The number of aromatic amines is 1. The van der Waals surface area contributed by atoms with Crippen LogP contribution in [0.5, 0.6) is 17.4 Å². The minimum absolute atomic E-state index is 0.202. The van der Waals surface area contributed by atoms with Crippen molar-refractivity contribution < 1.29 is 24.1 Å². The first-order chi connectivity index (χ1) is 17.3. The van der Waals surface area contributed by atoms with Gasteiger partial charge in [0.25, 0.3) is 0 Å². The fraction of sp³-hybridized carbons (Fsp3) is 0.286. The molecule has 8 heteroatoms. The molecular weight excluding hydrogens is 458 g/mol. The van der Waals surface area contributed by atoms with E-state index in [2.05, 4.69) is 33.9 Å². The third kappa shape index (κ3) is 6.62. The van der Waals surface area contributed by atoms with Gasteiger partial charge in [0.15, 0.2) is 0 Å². The average molecular weight is 490 g/mol. The summed E-state index contributed by atoms with van der Waals surface area (Å²) >= 11 is 0. The topological polar surface area (TPSA) is 106 Å². The fourth-order valence-corrected chi connectivity index (χ4v) is 3.87. The Labute approximate surface area is 210 Å². The number of methoxy groups -OCH3 is 1. The third-order valence-electron chi connectivity index (χ3n) is 5.75. The van der Waals surface area contributed by atoms with Crippen molar-refractivity contribution in [2.75, 3.05) is 20.3 Å². The molecule has 0 saturated heterocycles. The van der Waals surface area contributed by atoms with Crippen LogP contribution in [0, 0.1) is 0 Å². The number of aliphatic hydroxyl groups excluding tert-OH is 1. The van der Waals surface area contributed by atoms with E-state index in [1.54, 1.807) is 12.1 Å². The molecule has 4 aromatic rings. The first kappa shape index (κ1) is 25.2. The maximum absolute atomic E-state index is 11.5. The maximum atomic E-state index is 11.5. The number of hydrogen-bond donors (Lipinski definition) is 3. The Balaban J connectivity index is 1.24. The van der Waals surface area contributed by atoms with Crippen molar-refractivity contribution in [3.8, 4) is 17.4 Å². The first-order valence-corrected chi connectivity index (χ1v) is 11.8. The zero-order valence-electron chi connectivity index (χ0n) is 20.7. The van der Waals surface area contributed by atoms with Crippen LogP contribution in [-0.2, 0) is 11.2 Å². The van der Waals surface area contributed by atoms with E-state index in [0.717, 1.165) is 28.6 Å². The van der Waals surface area contributed by atoms with Crippen LogP contribution in [0.1, 0.15) is 29.8 Å². The van der Waals surface area contributed by atoms with E-state index in [0.29, 0.717) is 23.7 Å². The lowest BCUT2D eigenvalue weighted by Crippen LogP contribution is -2.46. The van der Waals surface area contributed by atoms with Crippen molar-refractivity contribution >= 4 is 16.9 Å². The van der Waals surface area contributed by atoms with E-state index in [1.165, 1.54) is 13.3 Å². The number of β-amino-alcohol motifs (C(OH)–C–C–N with tert-alkyl or cyclic N) is 1. The summed E-state index contributed by atoms with van der Waals surface area (Å²) in [5, 5.41) is 14.9. The molecule has 36 heavy (non-hydrogen) atoms. The minimum atomic E-state index is -0.646. The highest BCUT2D eigenvalue weighted by Crippen LogP contribution is 2.25. The molecule has 0 radical (unpaired) electrons. The Morgan fingerprint density at radius 2 is 1.92 bits per heavy atom. The van der Waals surface area contributed by atoms with Gasteiger partial charge in [0.2, 0.25) is 5.88 Å². The molecular formula is C28H31N3O5. The van der Waals surface area contributed by atoms with Crippen LogP contribution in [0.25, 0.3) is 10.9 Å². The highest BCUT2D eigenvalue weighted by atomic mass is 16.5. The van der Waals surface area contributed by atoms with Gasteiger partial charge in [0, 0.05) is 41.4 Å². The van der Waals surface area contributed by atoms with Crippen molar-refractivity contribution in [2.45, 2.75) is 31.9 Å². The molecule has 8 nitrogen and oxygen atoms in total. The van der Waals surface area contributed by atoms with Crippen LogP contribution in [0.2, 0.25) is 0 Å². The number of fused-ring (bicyclic) bond motifs is 1. The van der Waals surface area contributed by atoms with Gasteiger partial charge in [-0.05, 0) is 62.2 Å². The van der Waals surface area contributed by atoms with E-state index in [9.17, 15) is 9.90 Å². The van der Waals surface area contributed by atoms with Crippen molar-refractivity contribution in [3.63, 3.8) is 0 Å². The van der Waals surface area contributed by atoms with Gasteiger partial charge in [0.1, 0.15) is 24.2 Å². The number of nitrogens with one attached hydrogen (secondary N) is 2. The van der Waals surface area contributed by atoms with Gasteiger partial charge in [-0.15, -0.1) is 0 Å². The van der Waals surface area contributed by atoms with Gasteiger partial charge in [-0.2, -0.15) is 0 Å². The number of carbonyl (C=O) groups excluding carboxylic acids is 1. The number of aliphatic hydroxyl groups is 1. The van der Waals surface area contributed by atoms with E-state index in [1.807, 2.05) is 54.7 Å². The predicted molar refractivity (Wildman–Crippen MR) is 138 cm³/mol. The summed E-state index contributed by atoms with van der Waals surface area (Å²) in [5.41, 5.74) is 2.25. The number of aromatic nitrogens is 2.